The van der Waals surface area contributed by atoms with Gasteiger partial charge in [-0.1, -0.05) is 49.1 Å². The van der Waals surface area contributed by atoms with Crippen LogP contribution in [0.4, 0.5) is 5.69 Å². The smallest absolute Gasteiger partial charge is 0.280 e. The molecule has 1 aromatic heterocycles. The molecule has 0 unspecified atom stereocenters. The molecule has 0 saturated heterocycles. The van der Waals surface area contributed by atoms with Crippen molar-refractivity contribution in [3.8, 4) is 5.69 Å². The van der Waals surface area contributed by atoms with E-state index in [2.05, 4.69) is 15.7 Å². The minimum absolute atomic E-state index is 0.133. The van der Waals surface area contributed by atoms with E-state index in [1.54, 1.807) is 23.7 Å². The zero-order valence-electron chi connectivity index (χ0n) is 18.3. The van der Waals surface area contributed by atoms with Gasteiger partial charge in [-0.05, 0) is 50.1 Å². The van der Waals surface area contributed by atoms with E-state index in [0.717, 1.165) is 31.4 Å². The average molecular weight is 465 g/mol. The van der Waals surface area contributed by atoms with Crippen LogP contribution in [-0.2, 0) is 0 Å². The number of hydrogen-bond acceptors (Lipinski definition) is 4. The van der Waals surface area contributed by atoms with Crippen LogP contribution in [0, 0.1) is 6.92 Å². The third-order valence-electron chi connectivity index (χ3n) is 5.73. The molecule has 1 fully saturated rings. The first-order valence-corrected chi connectivity index (χ1v) is 11.4. The lowest BCUT2D eigenvalue weighted by molar-refractivity contribution is 0.0926. The molecule has 170 valence electrons. The Bertz CT molecular complexity index is 1230. The highest BCUT2D eigenvalue weighted by atomic mass is 35.5. The lowest BCUT2D eigenvalue weighted by atomic mass is 9.95. The number of carbonyl (C=O) groups excluding carboxylic acids is 2. The molecule has 0 radical (unpaired) electrons. The number of carbonyl (C=O) groups is 2. The van der Waals surface area contributed by atoms with Gasteiger partial charge < -0.3 is 10.6 Å². The summed E-state index contributed by atoms with van der Waals surface area (Å²) in [6, 6.07) is 15.4. The van der Waals surface area contributed by atoms with Gasteiger partial charge in [-0.25, -0.2) is 4.68 Å². The van der Waals surface area contributed by atoms with Crippen molar-refractivity contribution in [1.82, 2.24) is 15.1 Å². The maximum absolute atomic E-state index is 12.9. The summed E-state index contributed by atoms with van der Waals surface area (Å²) in [4.78, 5) is 38.1. The molecule has 0 aliphatic heterocycles. The van der Waals surface area contributed by atoms with E-state index < -0.39 is 11.3 Å². The van der Waals surface area contributed by atoms with E-state index in [0.29, 0.717) is 16.4 Å². The van der Waals surface area contributed by atoms with Crippen LogP contribution in [0.5, 0.6) is 0 Å². The SMILES string of the molecule is Cc1cc(=O)c(C(=O)Nc2ccc(Cl)c(C(=O)NC3CCCCC3)c2)nn1-c1ccccc1. The Morgan fingerprint density at radius 1 is 1.00 bits per heavy atom. The van der Waals surface area contributed by atoms with Crippen LogP contribution >= 0.6 is 11.6 Å². The van der Waals surface area contributed by atoms with Crippen molar-refractivity contribution in [2.24, 2.45) is 0 Å². The molecule has 2 N–H and O–H groups in total. The van der Waals surface area contributed by atoms with Crippen LogP contribution in [0.1, 0.15) is 58.6 Å². The van der Waals surface area contributed by atoms with Crippen molar-refractivity contribution >= 4 is 29.1 Å². The summed E-state index contributed by atoms with van der Waals surface area (Å²) in [7, 11) is 0. The molecule has 1 heterocycles. The second-order valence-corrected chi connectivity index (χ2v) is 8.61. The Hall–Kier alpha value is -3.45. The molecule has 4 rings (SSSR count). The molecule has 0 atom stereocenters. The molecule has 1 aliphatic rings. The van der Waals surface area contributed by atoms with Crippen molar-refractivity contribution in [2.75, 3.05) is 5.32 Å². The molecule has 33 heavy (non-hydrogen) atoms. The number of rotatable bonds is 5. The number of aryl methyl sites for hydroxylation is 1. The Morgan fingerprint density at radius 3 is 2.45 bits per heavy atom. The predicted octanol–water partition coefficient (Wildman–Crippen LogP) is 4.51. The van der Waals surface area contributed by atoms with Gasteiger partial charge in [0.1, 0.15) is 0 Å². The van der Waals surface area contributed by atoms with Crippen LogP contribution < -0.4 is 16.1 Å². The maximum atomic E-state index is 12.9. The van der Waals surface area contributed by atoms with Crippen molar-refractivity contribution in [3.63, 3.8) is 0 Å². The fraction of sp³-hybridized carbons (Fsp3) is 0.280. The van der Waals surface area contributed by atoms with Crippen LogP contribution in [0.15, 0.2) is 59.4 Å². The van der Waals surface area contributed by atoms with Gasteiger partial charge in [0.05, 0.1) is 16.3 Å². The van der Waals surface area contributed by atoms with E-state index in [1.165, 1.54) is 18.6 Å². The second-order valence-electron chi connectivity index (χ2n) is 8.20. The predicted molar refractivity (Wildman–Crippen MR) is 128 cm³/mol. The summed E-state index contributed by atoms with van der Waals surface area (Å²) < 4.78 is 1.54. The minimum atomic E-state index is -0.661. The number of anilines is 1. The van der Waals surface area contributed by atoms with Gasteiger partial charge in [-0.2, -0.15) is 5.10 Å². The largest absolute Gasteiger partial charge is 0.349 e. The van der Waals surface area contributed by atoms with Crippen molar-refractivity contribution in [1.29, 1.82) is 0 Å². The summed E-state index contributed by atoms with van der Waals surface area (Å²) in [5.74, 6) is -0.937. The molecular formula is C25H25ClN4O3. The normalized spacial score (nSPS) is 14.0. The van der Waals surface area contributed by atoms with Crippen molar-refractivity contribution < 1.29 is 9.59 Å². The van der Waals surface area contributed by atoms with Crippen LogP contribution in [0.2, 0.25) is 5.02 Å². The quantitative estimate of drug-likeness (QED) is 0.581. The molecular weight excluding hydrogens is 440 g/mol. The second kappa shape index (κ2) is 10.0. The summed E-state index contributed by atoms with van der Waals surface area (Å²) >= 11 is 6.25. The van der Waals surface area contributed by atoms with E-state index in [9.17, 15) is 14.4 Å². The van der Waals surface area contributed by atoms with Gasteiger partial charge in [0, 0.05) is 23.5 Å². The number of aromatic nitrogens is 2. The third kappa shape index (κ3) is 5.31. The highest BCUT2D eigenvalue weighted by Gasteiger charge is 2.20. The standard InChI is InChI=1S/C25H25ClN4O3/c1-16-14-22(31)23(29-30(16)19-10-6-3-7-11-19)25(33)28-18-12-13-21(26)20(15-18)24(32)27-17-8-4-2-5-9-17/h3,6-7,10-15,17H,2,4-5,8-9H2,1H3,(H,27,32)(H,28,33). The monoisotopic (exact) mass is 464 g/mol. The fourth-order valence-electron chi connectivity index (χ4n) is 4.01. The molecule has 7 nitrogen and oxygen atoms in total. The summed E-state index contributed by atoms with van der Waals surface area (Å²) in [5, 5.41) is 10.3. The zero-order chi connectivity index (χ0) is 23.4. The van der Waals surface area contributed by atoms with Crippen LogP contribution in [-0.4, -0.2) is 27.6 Å². The Balaban J connectivity index is 1.56. The van der Waals surface area contributed by atoms with E-state index in [4.69, 9.17) is 11.6 Å². The molecule has 0 bridgehead atoms. The van der Waals surface area contributed by atoms with Crippen molar-refractivity contribution in [2.45, 2.75) is 45.1 Å². The number of hydrogen-bond donors (Lipinski definition) is 2. The van der Waals surface area contributed by atoms with Crippen LogP contribution in [0.3, 0.4) is 0 Å². The Kier molecular flexibility index (Phi) is 6.89. The van der Waals surface area contributed by atoms with E-state index in [1.807, 2.05) is 30.3 Å². The number of nitrogens with one attached hydrogen (secondary N) is 2. The van der Waals surface area contributed by atoms with Gasteiger partial charge in [-0.15, -0.1) is 0 Å². The molecule has 1 aliphatic carbocycles. The van der Waals surface area contributed by atoms with Gasteiger partial charge in [-0.3, -0.25) is 14.4 Å². The Morgan fingerprint density at radius 2 is 1.73 bits per heavy atom. The number of halogens is 1. The lowest BCUT2D eigenvalue weighted by Gasteiger charge is -2.23. The van der Waals surface area contributed by atoms with Gasteiger partial charge in [0.15, 0.2) is 5.69 Å². The molecule has 1 saturated carbocycles. The van der Waals surface area contributed by atoms with Crippen molar-refractivity contribution in [3.05, 3.63) is 86.8 Å². The van der Waals surface area contributed by atoms with Gasteiger partial charge in [0.2, 0.25) is 5.43 Å². The fourth-order valence-corrected chi connectivity index (χ4v) is 4.22. The topological polar surface area (TPSA) is 93.1 Å². The number of para-hydroxylation sites is 1. The first-order chi connectivity index (χ1) is 15.9. The van der Waals surface area contributed by atoms with Crippen LogP contribution in [0.25, 0.3) is 5.69 Å². The molecule has 2 aromatic carbocycles. The highest BCUT2D eigenvalue weighted by molar-refractivity contribution is 6.34. The summed E-state index contributed by atoms with van der Waals surface area (Å²) in [6.07, 6.45) is 5.28. The first-order valence-electron chi connectivity index (χ1n) is 11.0. The first kappa shape index (κ1) is 22.7. The third-order valence-corrected chi connectivity index (χ3v) is 6.06. The number of amides is 2. The van der Waals surface area contributed by atoms with Gasteiger partial charge >= 0.3 is 0 Å². The van der Waals surface area contributed by atoms with Gasteiger partial charge in [0.25, 0.3) is 11.8 Å². The zero-order valence-corrected chi connectivity index (χ0v) is 19.1. The number of nitrogens with zero attached hydrogens (tertiary/aromatic N) is 2. The highest BCUT2D eigenvalue weighted by Crippen LogP contribution is 2.23. The maximum Gasteiger partial charge on any atom is 0.280 e. The number of benzene rings is 2. The lowest BCUT2D eigenvalue weighted by Crippen LogP contribution is -2.36. The summed E-state index contributed by atoms with van der Waals surface area (Å²) in [6.45, 7) is 1.75. The Labute approximate surface area is 196 Å². The summed E-state index contributed by atoms with van der Waals surface area (Å²) in [5.41, 5.74) is 1.24. The van der Waals surface area contributed by atoms with E-state index in [-0.39, 0.29) is 23.2 Å². The van der Waals surface area contributed by atoms with E-state index >= 15 is 0 Å². The molecule has 8 heteroatoms. The molecule has 2 amide bonds. The molecule has 0 spiro atoms. The molecule has 3 aromatic rings. The minimum Gasteiger partial charge on any atom is -0.349 e. The average Bonchev–Trinajstić information content (AvgIpc) is 2.81.